The number of carboxylic acids is 1. The summed E-state index contributed by atoms with van der Waals surface area (Å²) in [5.74, 6) is -0.707. The van der Waals surface area contributed by atoms with Gasteiger partial charge in [-0.1, -0.05) is 6.92 Å². The Morgan fingerprint density at radius 2 is 2.05 bits per heavy atom. The van der Waals surface area contributed by atoms with E-state index in [1.54, 1.807) is 9.80 Å². The highest BCUT2D eigenvalue weighted by Crippen LogP contribution is 2.19. The molecule has 6 nitrogen and oxygen atoms in total. The smallest absolute Gasteiger partial charge is 0.320 e. The van der Waals surface area contributed by atoms with Crippen LogP contribution < -0.4 is 0 Å². The third-order valence-electron chi connectivity index (χ3n) is 3.62. The van der Waals surface area contributed by atoms with Crippen LogP contribution in [-0.2, 0) is 4.79 Å². The van der Waals surface area contributed by atoms with Crippen LogP contribution in [0.25, 0.3) is 0 Å². The molecule has 0 aromatic rings. The summed E-state index contributed by atoms with van der Waals surface area (Å²) < 4.78 is 0. The highest BCUT2D eigenvalue weighted by molar-refractivity contribution is 5.76. The van der Waals surface area contributed by atoms with Crippen LogP contribution in [0.5, 0.6) is 0 Å². The predicted molar refractivity (Wildman–Crippen MR) is 70.9 cm³/mol. The van der Waals surface area contributed by atoms with Crippen molar-refractivity contribution < 1.29 is 19.8 Å². The number of aliphatic hydroxyl groups excluding tert-OH is 1. The number of carbonyl (C=O) groups excluding carboxylic acids is 1. The fraction of sp³-hybridized carbons (Fsp3) is 0.846. The van der Waals surface area contributed by atoms with Crippen LogP contribution in [0.1, 0.15) is 33.6 Å². The molecule has 2 atom stereocenters. The maximum absolute atomic E-state index is 12.4. The zero-order valence-corrected chi connectivity index (χ0v) is 11.9. The second-order valence-corrected chi connectivity index (χ2v) is 5.49. The Bertz CT molecular complexity index is 333. The molecule has 1 fully saturated rings. The quantitative estimate of drug-likeness (QED) is 0.800. The Balaban J connectivity index is 2.63. The van der Waals surface area contributed by atoms with Crippen LogP contribution in [0.4, 0.5) is 4.79 Å². The molecule has 0 aromatic heterocycles. The van der Waals surface area contributed by atoms with Crippen LogP contribution >= 0.6 is 0 Å². The van der Waals surface area contributed by atoms with Gasteiger partial charge in [0.25, 0.3) is 0 Å². The van der Waals surface area contributed by atoms with Gasteiger partial charge in [0, 0.05) is 25.7 Å². The average Bonchev–Trinajstić information content (AvgIpc) is 2.31. The molecule has 19 heavy (non-hydrogen) atoms. The number of hydrogen-bond donors (Lipinski definition) is 2. The molecule has 1 saturated heterocycles. The van der Waals surface area contributed by atoms with Crippen molar-refractivity contribution in [1.82, 2.24) is 9.80 Å². The molecule has 1 rings (SSSR count). The fourth-order valence-corrected chi connectivity index (χ4v) is 2.20. The van der Waals surface area contributed by atoms with Crippen molar-refractivity contribution in [3.05, 3.63) is 0 Å². The number of carbonyl (C=O) groups is 2. The van der Waals surface area contributed by atoms with E-state index in [9.17, 15) is 14.7 Å². The molecule has 0 spiro atoms. The SMILES string of the molecule is CC1CCN(C(=O)N(CCC(=O)O)C(C)C)CC1O. The minimum absolute atomic E-state index is 0.0525. The van der Waals surface area contributed by atoms with E-state index >= 15 is 0 Å². The van der Waals surface area contributed by atoms with E-state index in [-0.39, 0.29) is 31.0 Å². The molecule has 0 bridgehead atoms. The summed E-state index contributed by atoms with van der Waals surface area (Å²) in [6.45, 7) is 6.85. The third-order valence-corrected chi connectivity index (χ3v) is 3.62. The standard InChI is InChI=1S/C13H24N2O4/c1-9(2)15(7-5-12(17)18)13(19)14-6-4-10(3)11(16)8-14/h9-11,16H,4-8H2,1-3H3,(H,17,18). The highest BCUT2D eigenvalue weighted by atomic mass is 16.4. The number of hydrogen-bond acceptors (Lipinski definition) is 3. The molecule has 6 heteroatoms. The normalized spacial score (nSPS) is 23.5. The third kappa shape index (κ3) is 4.38. The van der Waals surface area contributed by atoms with Gasteiger partial charge in [-0.05, 0) is 26.2 Å². The van der Waals surface area contributed by atoms with Gasteiger partial charge >= 0.3 is 12.0 Å². The number of amides is 2. The molecule has 2 amide bonds. The number of rotatable bonds is 4. The molecular formula is C13H24N2O4. The summed E-state index contributed by atoms with van der Waals surface area (Å²) in [5.41, 5.74) is 0. The lowest BCUT2D eigenvalue weighted by atomic mass is 9.96. The Hall–Kier alpha value is -1.30. The van der Waals surface area contributed by atoms with Crippen molar-refractivity contribution >= 4 is 12.0 Å². The monoisotopic (exact) mass is 272 g/mol. The summed E-state index contributed by atoms with van der Waals surface area (Å²) in [4.78, 5) is 26.2. The van der Waals surface area contributed by atoms with Crippen LogP contribution in [0.2, 0.25) is 0 Å². The van der Waals surface area contributed by atoms with Gasteiger partial charge in [0.05, 0.1) is 12.5 Å². The van der Waals surface area contributed by atoms with Gasteiger partial charge < -0.3 is 20.0 Å². The Kier molecular flexibility index (Phi) is 5.60. The molecule has 2 N–H and O–H groups in total. The summed E-state index contributed by atoms with van der Waals surface area (Å²) in [5, 5.41) is 18.6. The lowest BCUT2D eigenvalue weighted by molar-refractivity contribution is -0.137. The number of piperidine rings is 1. The van der Waals surface area contributed by atoms with Gasteiger partial charge in [-0.15, -0.1) is 0 Å². The summed E-state index contributed by atoms with van der Waals surface area (Å²) >= 11 is 0. The van der Waals surface area contributed by atoms with Crippen LogP contribution in [0.15, 0.2) is 0 Å². The van der Waals surface area contributed by atoms with Crippen molar-refractivity contribution in [3.8, 4) is 0 Å². The van der Waals surface area contributed by atoms with E-state index < -0.39 is 12.1 Å². The Labute approximate surface area is 114 Å². The first-order chi connectivity index (χ1) is 8.82. The predicted octanol–water partition coefficient (Wildman–Crippen LogP) is 0.994. The van der Waals surface area contributed by atoms with Crippen molar-refractivity contribution in [2.75, 3.05) is 19.6 Å². The summed E-state index contributed by atoms with van der Waals surface area (Å²) in [6.07, 6.45) is 0.222. The maximum atomic E-state index is 12.4. The molecular weight excluding hydrogens is 248 g/mol. The Morgan fingerprint density at radius 3 is 2.53 bits per heavy atom. The zero-order valence-electron chi connectivity index (χ0n) is 11.9. The number of β-amino-alcohol motifs (C(OH)–C–C–N with tert-alkyl or cyclic N) is 1. The van der Waals surface area contributed by atoms with Crippen LogP contribution in [-0.4, -0.2) is 63.8 Å². The summed E-state index contributed by atoms with van der Waals surface area (Å²) in [7, 11) is 0. The highest BCUT2D eigenvalue weighted by Gasteiger charge is 2.30. The average molecular weight is 272 g/mol. The van der Waals surface area contributed by atoms with E-state index in [0.717, 1.165) is 6.42 Å². The first-order valence-electron chi connectivity index (χ1n) is 6.78. The first-order valence-corrected chi connectivity index (χ1v) is 6.78. The van der Waals surface area contributed by atoms with E-state index in [0.29, 0.717) is 13.1 Å². The van der Waals surface area contributed by atoms with Crippen LogP contribution in [0, 0.1) is 5.92 Å². The maximum Gasteiger partial charge on any atom is 0.320 e. The molecule has 0 aromatic carbocycles. The summed E-state index contributed by atoms with van der Waals surface area (Å²) in [6, 6.07) is -0.231. The lowest BCUT2D eigenvalue weighted by Gasteiger charge is -2.38. The zero-order chi connectivity index (χ0) is 14.6. The number of aliphatic carboxylic acids is 1. The minimum Gasteiger partial charge on any atom is -0.481 e. The van der Waals surface area contributed by atoms with Gasteiger partial charge in [-0.2, -0.15) is 0 Å². The van der Waals surface area contributed by atoms with Gasteiger partial charge in [-0.3, -0.25) is 4.79 Å². The largest absolute Gasteiger partial charge is 0.481 e. The molecule has 0 saturated carbocycles. The van der Waals surface area contributed by atoms with E-state index in [4.69, 9.17) is 5.11 Å². The first kappa shape index (κ1) is 15.8. The van der Waals surface area contributed by atoms with Crippen molar-refractivity contribution in [2.45, 2.75) is 45.8 Å². The fourth-order valence-electron chi connectivity index (χ4n) is 2.20. The molecule has 0 aliphatic carbocycles. The van der Waals surface area contributed by atoms with Gasteiger partial charge in [0.1, 0.15) is 0 Å². The molecule has 1 heterocycles. The minimum atomic E-state index is -0.911. The van der Waals surface area contributed by atoms with Gasteiger partial charge in [0.15, 0.2) is 0 Å². The van der Waals surface area contributed by atoms with Gasteiger partial charge in [-0.25, -0.2) is 4.79 Å². The van der Waals surface area contributed by atoms with Gasteiger partial charge in [0.2, 0.25) is 0 Å². The van der Waals surface area contributed by atoms with Crippen molar-refractivity contribution in [3.63, 3.8) is 0 Å². The number of urea groups is 1. The van der Waals surface area contributed by atoms with Crippen molar-refractivity contribution in [1.29, 1.82) is 0 Å². The van der Waals surface area contributed by atoms with E-state index in [1.165, 1.54) is 0 Å². The van der Waals surface area contributed by atoms with E-state index in [1.807, 2.05) is 20.8 Å². The topological polar surface area (TPSA) is 81.1 Å². The van der Waals surface area contributed by atoms with Crippen molar-refractivity contribution in [2.24, 2.45) is 5.92 Å². The number of nitrogens with zero attached hydrogens (tertiary/aromatic N) is 2. The number of aliphatic hydroxyl groups is 1. The molecule has 0 radical (unpaired) electrons. The Morgan fingerprint density at radius 1 is 1.42 bits per heavy atom. The van der Waals surface area contributed by atoms with Crippen LogP contribution in [0.3, 0.4) is 0 Å². The number of carboxylic acid groups (broad SMARTS) is 1. The number of likely N-dealkylation sites (tertiary alicyclic amines) is 1. The van der Waals surface area contributed by atoms with E-state index in [2.05, 4.69) is 0 Å². The molecule has 110 valence electrons. The lowest BCUT2D eigenvalue weighted by Crippen LogP contribution is -2.53. The molecule has 1 aliphatic rings. The second kappa shape index (κ2) is 6.75. The molecule has 2 unspecified atom stereocenters. The molecule has 1 aliphatic heterocycles. The second-order valence-electron chi connectivity index (χ2n) is 5.49.